The number of carboxylic acids is 1. The van der Waals surface area contributed by atoms with Crippen molar-refractivity contribution in [1.29, 1.82) is 0 Å². The summed E-state index contributed by atoms with van der Waals surface area (Å²) in [6.45, 7) is 2.37. The Morgan fingerprint density at radius 3 is 2.61 bits per heavy atom. The van der Waals surface area contributed by atoms with Crippen molar-refractivity contribution in [3.05, 3.63) is 59.7 Å². The van der Waals surface area contributed by atoms with Crippen LogP contribution in [0.15, 0.2) is 53.4 Å². The van der Waals surface area contributed by atoms with Gasteiger partial charge in [-0.3, -0.25) is 9.59 Å². The number of hydrogen-bond acceptors (Lipinski definition) is 4. The summed E-state index contributed by atoms with van der Waals surface area (Å²) in [5.74, 6) is -1.32. The summed E-state index contributed by atoms with van der Waals surface area (Å²) in [7, 11) is 0. The van der Waals surface area contributed by atoms with Crippen molar-refractivity contribution in [3.8, 4) is 0 Å². The van der Waals surface area contributed by atoms with Gasteiger partial charge in [-0.05, 0) is 36.6 Å². The van der Waals surface area contributed by atoms with Crippen LogP contribution in [0.1, 0.15) is 29.3 Å². The fraction of sp³-hybridized carbons (Fsp3) is 0.286. The quantitative estimate of drug-likeness (QED) is 0.701. The molecule has 1 heterocycles. The van der Waals surface area contributed by atoms with E-state index in [1.807, 2.05) is 24.3 Å². The van der Waals surface area contributed by atoms with E-state index in [0.29, 0.717) is 23.4 Å². The summed E-state index contributed by atoms with van der Waals surface area (Å²) < 4.78 is 0. The third kappa shape index (κ3) is 4.36. The molecule has 6 nitrogen and oxygen atoms in total. The Bertz CT molecular complexity index is 899. The van der Waals surface area contributed by atoms with Gasteiger partial charge in [-0.2, -0.15) is 0 Å². The van der Waals surface area contributed by atoms with Gasteiger partial charge in [-0.15, -0.1) is 11.8 Å². The number of anilines is 1. The lowest BCUT2D eigenvalue weighted by atomic mass is 10.1. The first-order valence-corrected chi connectivity index (χ1v) is 10.1. The maximum absolute atomic E-state index is 12.7. The molecule has 1 unspecified atom stereocenters. The molecule has 2 amide bonds. The van der Waals surface area contributed by atoms with Crippen LogP contribution in [-0.4, -0.2) is 41.2 Å². The minimum absolute atomic E-state index is 0.0119. The summed E-state index contributed by atoms with van der Waals surface area (Å²) in [6.07, 6.45) is 1.14. The van der Waals surface area contributed by atoms with Gasteiger partial charge >= 0.3 is 5.97 Å². The molecule has 1 atom stereocenters. The number of carbonyl (C=O) groups is 3. The number of carbonyl (C=O) groups excluding carboxylic acids is 2. The Kier molecular flexibility index (Phi) is 6.36. The van der Waals surface area contributed by atoms with Crippen molar-refractivity contribution in [2.45, 2.75) is 30.7 Å². The van der Waals surface area contributed by atoms with Crippen LogP contribution < -0.4 is 10.2 Å². The van der Waals surface area contributed by atoms with E-state index in [9.17, 15) is 14.4 Å². The van der Waals surface area contributed by atoms with Crippen LogP contribution in [0.5, 0.6) is 0 Å². The van der Waals surface area contributed by atoms with Crippen molar-refractivity contribution < 1.29 is 19.5 Å². The van der Waals surface area contributed by atoms with Gasteiger partial charge in [0.1, 0.15) is 6.04 Å². The summed E-state index contributed by atoms with van der Waals surface area (Å²) in [5.41, 5.74) is 2.49. The molecule has 2 N–H and O–H groups in total. The number of nitrogens with one attached hydrogen (secondary N) is 1. The Hall–Kier alpha value is -2.80. The van der Waals surface area contributed by atoms with Crippen LogP contribution in [0.3, 0.4) is 0 Å². The average molecular weight is 398 g/mol. The molecule has 0 fully saturated rings. The molecule has 0 saturated heterocycles. The molecule has 28 heavy (non-hydrogen) atoms. The molecule has 2 aromatic rings. The van der Waals surface area contributed by atoms with Crippen LogP contribution in [0.25, 0.3) is 0 Å². The number of nitrogens with zero attached hydrogens (tertiary/aromatic N) is 1. The summed E-state index contributed by atoms with van der Waals surface area (Å²) in [4.78, 5) is 38.8. The molecule has 1 aliphatic rings. The third-order valence-electron chi connectivity index (χ3n) is 4.68. The molecule has 0 radical (unpaired) electrons. The van der Waals surface area contributed by atoms with Gasteiger partial charge in [0, 0.05) is 17.1 Å². The van der Waals surface area contributed by atoms with Gasteiger partial charge in [0.25, 0.3) is 5.91 Å². The standard InChI is InChI=1S/C21H22N2O4S/c1-2-16(21(26)27)22-20(25)15-8-4-6-10-18(15)28-13-19(24)23-12-11-14-7-3-5-9-17(14)23/h3-10,16H,2,11-13H2,1H3,(H,22,25)(H,26,27). The highest BCUT2D eigenvalue weighted by Crippen LogP contribution is 2.29. The normalized spacial score (nSPS) is 13.7. The van der Waals surface area contributed by atoms with E-state index in [1.54, 1.807) is 36.1 Å². The molecule has 0 bridgehead atoms. The fourth-order valence-electron chi connectivity index (χ4n) is 3.17. The Balaban J connectivity index is 1.68. The molecule has 7 heteroatoms. The Morgan fingerprint density at radius 1 is 1.14 bits per heavy atom. The number of thioether (sulfide) groups is 1. The molecule has 2 aromatic carbocycles. The van der Waals surface area contributed by atoms with Gasteiger partial charge < -0.3 is 15.3 Å². The van der Waals surface area contributed by atoms with E-state index in [2.05, 4.69) is 5.32 Å². The molecule has 3 rings (SSSR count). The second-order valence-electron chi connectivity index (χ2n) is 6.48. The zero-order chi connectivity index (χ0) is 20.1. The highest BCUT2D eigenvalue weighted by molar-refractivity contribution is 8.00. The van der Waals surface area contributed by atoms with Gasteiger partial charge in [0.2, 0.25) is 5.91 Å². The van der Waals surface area contributed by atoms with E-state index in [1.165, 1.54) is 17.3 Å². The second kappa shape index (κ2) is 8.93. The van der Waals surface area contributed by atoms with E-state index in [4.69, 9.17) is 5.11 Å². The smallest absolute Gasteiger partial charge is 0.326 e. The second-order valence-corrected chi connectivity index (χ2v) is 7.50. The number of benzene rings is 2. The first-order chi connectivity index (χ1) is 13.5. The van der Waals surface area contributed by atoms with Crippen molar-refractivity contribution in [2.24, 2.45) is 0 Å². The maximum atomic E-state index is 12.7. The number of para-hydroxylation sites is 1. The highest BCUT2D eigenvalue weighted by Gasteiger charge is 2.25. The Morgan fingerprint density at radius 2 is 1.86 bits per heavy atom. The molecule has 0 aromatic heterocycles. The van der Waals surface area contributed by atoms with Crippen molar-refractivity contribution >= 4 is 35.2 Å². The molecule has 0 saturated carbocycles. The lowest BCUT2D eigenvalue weighted by Crippen LogP contribution is -2.40. The van der Waals surface area contributed by atoms with Gasteiger partial charge in [-0.25, -0.2) is 4.79 Å². The van der Waals surface area contributed by atoms with E-state index in [0.717, 1.165) is 12.1 Å². The minimum Gasteiger partial charge on any atom is -0.480 e. The summed E-state index contributed by atoms with van der Waals surface area (Å²) in [5, 5.41) is 11.7. The van der Waals surface area contributed by atoms with Crippen molar-refractivity contribution in [1.82, 2.24) is 5.32 Å². The largest absolute Gasteiger partial charge is 0.480 e. The van der Waals surface area contributed by atoms with Gasteiger partial charge in [0.05, 0.1) is 11.3 Å². The van der Waals surface area contributed by atoms with Crippen LogP contribution in [0.2, 0.25) is 0 Å². The summed E-state index contributed by atoms with van der Waals surface area (Å²) >= 11 is 1.29. The third-order valence-corrected chi connectivity index (χ3v) is 5.74. The predicted octanol–water partition coefficient (Wildman–Crippen LogP) is 2.96. The monoisotopic (exact) mass is 398 g/mol. The number of hydrogen-bond donors (Lipinski definition) is 2. The number of rotatable bonds is 7. The SMILES string of the molecule is CCC(NC(=O)c1ccccc1SCC(=O)N1CCc2ccccc21)C(=O)O. The van der Waals surface area contributed by atoms with E-state index in [-0.39, 0.29) is 11.7 Å². The van der Waals surface area contributed by atoms with Crippen LogP contribution in [0, 0.1) is 0 Å². The van der Waals surface area contributed by atoms with Crippen LogP contribution in [0.4, 0.5) is 5.69 Å². The first-order valence-electron chi connectivity index (χ1n) is 9.15. The highest BCUT2D eigenvalue weighted by atomic mass is 32.2. The lowest BCUT2D eigenvalue weighted by Gasteiger charge is -2.18. The molecule has 0 aliphatic carbocycles. The number of carboxylic acid groups (broad SMARTS) is 1. The average Bonchev–Trinajstić information content (AvgIpc) is 3.14. The number of fused-ring (bicyclic) bond motifs is 1. The van der Waals surface area contributed by atoms with Gasteiger partial charge in [-0.1, -0.05) is 37.3 Å². The number of aliphatic carboxylic acids is 1. The minimum atomic E-state index is -1.07. The van der Waals surface area contributed by atoms with Crippen molar-refractivity contribution in [3.63, 3.8) is 0 Å². The summed E-state index contributed by atoms with van der Waals surface area (Å²) in [6, 6.07) is 13.9. The maximum Gasteiger partial charge on any atom is 0.326 e. The topological polar surface area (TPSA) is 86.7 Å². The fourth-order valence-corrected chi connectivity index (χ4v) is 4.10. The van der Waals surface area contributed by atoms with Crippen molar-refractivity contribution in [2.75, 3.05) is 17.2 Å². The zero-order valence-corrected chi connectivity index (χ0v) is 16.4. The van der Waals surface area contributed by atoms with Crippen LogP contribution in [-0.2, 0) is 16.0 Å². The lowest BCUT2D eigenvalue weighted by molar-refractivity contribution is -0.139. The molecular formula is C21H22N2O4S. The van der Waals surface area contributed by atoms with Crippen LogP contribution >= 0.6 is 11.8 Å². The van der Waals surface area contributed by atoms with E-state index >= 15 is 0 Å². The number of amides is 2. The predicted molar refractivity (Wildman–Crippen MR) is 109 cm³/mol. The molecule has 0 spiro atoms. The zero-order valence-electron chi connectivity index (χ0n) is 15.6. The Labute approximate surface area is 167 Å². The van der Waals surface area contributed by atoms with E-state index < -0.39 is 17.9 Å². The molecule has 1 aliphatic heterocycles. The first kappa shape index (κ1) is 19.9. The molecule has 146 valence electrons. The molecular weight excluding hydrogens is 376 g/mol. The van der Waals surface area contributed by atoms with Gasteiger partial charge in [0.15, 0.2) is 0 Å².